The first-order valence-electron chi connectivity index (χ1n) is 6.81. The van der Waals surface area contributed by atoms with Crippen LogP contribution in [0.15, 0.2) is 0 Å². The molecular formula is C14H18N3OS+. The van der Waals surface area contributed by atoms with Crippen LogP contribution in [-0.2, 0) is 30.7 Å². The summed E-state index contributed by atoms with van der Waals surface area (Å²) in [7, 11) is 0. The van der Waals surface area contributed by atoms with Gasteiger partial charge in [0.1, 0.15) is 5.39 Å². The third kappa shape index (κ3) is 1.61. The highest BCUT2D eigenvalue weighted by Crippen LogP contribution is 2.40. The van der Waals surface area contributed by atoms with Crippen LogP contribution in [0.1, 0.15) is 36.5 Å². The lowest BCUT2D eigenvalue weighted by atomic mass is 9.94. The zero-order valence-corrected chi connectivity index (χ0v) is 12.1. The first-order chi connectivity index (χ1) is 9.05. The summed E-state index contributed by atoms with van der Waals surface area (Å²) >= 11 is 1.75. The molecule has 2 aromatic heterocycles. The van der Waals surface area contributed by atoms with E-state index in [0.29, 0.717) is 6.61 Å². The number of thiophene rings is 1. The SMILES string of the molecule is CC1(C)Cc2c(sc3nc4[n+](c(N)c23)CCC4)CO1. The van der Waals surface area contributed by atoms with Gasteiger partial charge in [0.05, 0.1) is 18.8 Å². The Morgan fingerprint density at radius 3 is 3.11 bits per heavy atom. The second-order valence-corrected chi connectivity index (χ2v) is 7.16. The van der Waals surface area contributed by atoms with Gasteiger partial charge in [-0.3, -0.25) is 0 Å². The van der Waals surface area contributed by atoms with Gasteiger partial charge < -0.3 is 10.5 Å². The first kappa shape index (κ1) is 11.6. The fourth-order valence-electron chi connectivity index (χ4n) is 3.17. The van der Waals surface area contributed by atoms with E-state index in [2.05, 4.69) is 18.4 Å². The molecule has 4 rings (SSSR count). The van der Waals surface area contributed by atoms with Crippen molar-refractivity contribution in [2.24, 2.45) is 0 Å². The minimum Gasteiger partial charge on any atom is -0.370 e. The molecule has 0 saturated heterocycles. The van der Waals surface area contributed by atoms with Crippen molar-refractivity contribution in [1.29, 1.82) is 0 Å². The number of nitrogens with two attached hydrogens (primary N) is 1. The second kappa shape index (κ2) is 3.67. The van der Waals surface area contributed by atoms with E-state index < -0.39 is 0 Å². The summed E-state index contributed by atoms with van der Waals surface area (Å²) in [6, 6.07) is 0. The van der Waals surface area contributed by atoms with Crippen molar-refractivity contribution < 1.29 is 9.30 Å². The molecule has 0 fully saturated rings. The predicted molar refractivity (Wildman–Crippen MR) is 75.1 cm³/mol. The number of nitrogens with zero attached hydrogens (tertiary/aromatic N) is 2. The van der Waals surface area contributed by atoms with E-state index in [1.807, 2.05) is 0 Å². The molecule has 2 N–H and O–H groups in total. The van der Waals surface area contributed by atoms with Crippen LogP contribution in [0.25, 0.3) is 10.2 Å². The van der Waals surface area contributed by atoms with Gasteiger partial charge in [0.2, 0.25) is 16.5 Å². The third-order valence-corrected chi connectivity index (χ3v) is 5.24. The molecule has 0 saturated carbocycles. The van der Waals surface area contributed by atoms with E-state index in [-0.39, 0.29) is 5.60 Å². The van der Waals surface area contributed by atoms with Gasteiger partial charge in [-0.05, 0) is 25.8 Å². The van der Waals surface area contributed by atoms with Gasteiger partial charge >= 0.3 is 0 Å². The van der Waals surface area contributed by atoms with E-state index in [1.165, 1.54) is 15.8 Å². The molecule has 2 aliphatic heterocycles. The highest BCUT2D eigenvalue weighted by molar-refractivity contribution is 7.18. The van der Waals surface area contributed by atoms with Crippen LogP contribution >= 0.6 is 11.3 Å². The number of aryl methyl sites for hydroxylation is 1. The Balaban J connectivity index is 2.01. The van der Waals surface area contributed by atoms with Crippen molar-refractivity contribution in [3.63, 3.8) is 0 Å². The number of nitrogen functional groups attached to an aromatic ring is 1. The minimum absolute atomic E-state index is 0.100. The van der Waals surface area contributed by atoms with Crippen LogP contribution in [0, 0.1) is 0 Å². The Labute approximate surface area is 116 Å². The highest BCUT2D eigenvalue weighted by atomic mass is 32.1. The Morgan fingerprint density at radius 1 is 1.42 bits per heavy atom. The molecule has 0 amide bonds. The number of hydrogen-bond donors (Lipinski definition) is 1. The summed E-state index contributed by atoms with van der Waals surface area (Å²) in [4.78, 5) is 7.21. The smallest absolute Gasteiger partial charge is 0.240 e. The van der Waals surface area contributed by atoms with Crippen LogP contribution in [-0.4, -0.2) is 10.6 Å². The lowest BCUT2D eigenvalue weighted by Gasteiger charge is -2.29. The molecule has 100 valence electrons. The summed E-state index contributed by atoms with van der Waals surface area (Å²) in [5, 5.41) is 1.18. The summed E-state index contributed by atoms with van der Waals surface area (Å²) in [6.07, 6.45) is 3.13. The van der Waals surface area contributed by atoms with E-state index in [1.54, 1.807) is 11.3 Å². The molecule has 0 aliphatic carbocycles. The normalized spacial score (nSPS) is 20.5. The molecular weight excluding hydrogens is 258 g/mol. The Hall–Kier alpha value is -1.20. The minimum atomic E-state index is -0.100. The maximum Gasteiger partial charge on any atom is 0.240 e. The first-order valence-corrected chi connectivity index (χ1v) is 7.63. The van der Waals surface area contributed by atoms with Crippen molar-refractivity contribution in [3.8, 4) is 0 Å². The molecule has 0 atom stereocenters. The van der Waals surface area contributed by atoms with Crippen LogP contribution in [0.4, 0.5) is 5.82 Å². The van der Waals surface area contributed by atoms with Crippen molar-refractivity contribution in [2.75, 3.05) is 5.73 Å². The second-order valence-electron chi connectivity index (χ2n) is 6.08. The summed E-state index contributed by atoms with van der Waals surface area (Å²) in [6.45, 7) is 5.99. The summed E-state index contributed by atoms with van der Waals surface area (Å²) in [5.41, 5.74) is 7.68. The average molecular weight is 276 g/mol. The van der Waals surface area contributed by atoms with Crippen LogP contribution in [0.2, 0.25) is 0 Å². The molecule has 0 aromatic carbocycles. The van der Waals surface area contributed by atoms with E-state index in [0.717, 1.165) is 42.3 Å². The molecule has 19 heavy (non-hydrogen) atoms. The lowest BCUT2D eigenvalue weighted by Crippen LogP contribution is -2.38. The number of aromatic nitrogens is 2. The maximum atomic E-state index is 6.42. The van der Waals surface area contributed by atoms with Crippen molar-refractivity contribution in [2.45, 2.75) is 51.9 Å². The molecule has 4 nitrogen and oxygen atoms in total. The number of rotatable bonds is 0. The predicted octanol–water partition coefficient (Wildman–Crippen LogP) is 1.96. The monoisotopic (exact) mass is 276 g/mol. The molecule has 2 aliphatic rings. The molecule has 4 heterocycles. The Kier molecular flexibility index (Phi) is 2.24. The Morgan fingerprint density at radius 2 is 2.26 bits per heavy atom. The molecule has 5 heteroatoms. The average Bonchev–Trinajstić information content (AvgIpc) is 2.92. The van der Waals surface area contributed by atoms with Gasteiger partial charge in [-0.1, -0.05) is 4.98 Å². The number of hydrogen-bond acceptors (Lipinski definition) is 4. The zero-order chi connectivity index (χ0) is 13.2. The topological polar surface area (TPSA) is 52.0 Å². The van der Waals surface area contributed by atoms with Gasteiger partial charge in [-0.25, -0.2) is 4.57 Å². The fraction of sp³-hybridized carbons (Fsp3) is 0.571. The van der Waals surface area contributed by atoms with Crippen LogP contribution in [0.3, 0.4) is 0 Å². The molecule has 0 spiro atoms. The van der Waals surface area contributed by atoms with Crippen LogP contribution in [0.5, 0.6) is 0 Å². The summed E-state index contributed by atoms with van der Waals surface area (Å²) < 4.78 is 8.09. The summed E-state index contributed by atoms with van der Waals surface area (Å²) in [5.74, 6) is 2.05. The molecule has 2 aromatic rings. The van der Waals surface area contributed by atoms with E-state index >= 15 is 0 Å². The van der Waals surface area contributed by atoms with Gasteiger partial charge in [-0.2, -0.15) is 0 Å². The van der Waals surface area contributed by atoms with Crippen molar-refractivity contribution in [1.82, 2.24) is 4.98 Å². The molecule has 0 bridgehead atoms. The maximum absolute atomic E-state index is 6.42. The van der Waals surface area contributed by atoms with Gasteiger partial charge in [0.25, 0.3) is 0 Å². The van der Waals surface area contributed by atoms with Crippen LogP contribution < -0.4 is 10.3 Å². The number of fused-ring (bicyclic) bond motifs is 4. The van der Waals surface area contributed by atoms with E-state index in [9.17, 15) is 0 Å². The zero-order valence-electron chi connectivity index (χ0n) is 11.3. The third-order valence-electron chi connectivity index (χ3n) is 4.14. The number of anilines is 1. The Bertz CT molecular complexity index is 690. The fourth-order valence-corrected chi connectivity index (χ4v) is 4.30. The van der Waals surface area contributed by atoms with Gasteiger partial charge in [-0.15, -0.1) is 11.3 Å². The van der Waals surface area contributed by atoms with Crippen molar-refractivity contribution >= 4 is 27.4 Å². The molecule has 0 unspecified atom stereocenters. The van der Waals surface area contributed by atoms with Crippen molar-refractivity contribution in [3.05, 3.63) is 16.3 Å². The molecule has 0 radical (unpaired) electrons. The van der Waals surface area contributed by atoms with Gasteiger partial charge in [0.15, 0.2) is 0 Å². The quantitative estimate of drug-likeness (QED) is 0.748. The van der Waals surface area contributed by atoms with Gasteiger partial charge in [0, 0.05) is 17.7 Å². The number of ether oxygens (including phenoxy) is 1. The van der Waals surface area contributed by atoms with E-state index in [4.69, 9.17) is 15.5 Å². The largest absolute Gasteiger partial charge is 0.370 e. The highest BCUT2D eigenvalue weighted by Gasteiger charge is 2.34. The lowest BCUT2D eigenvalue weighted by molar-refractivity contribution is -0.678. The standard InChI is InChI=1S/C14H17N3OS/c1-14(2)6-8-9(7-18-14)19-13-11(8)12(15)17-5-3-4-10(17)16-13/h15H,3-7H2,1-2H3/p+1.